The van der Waals surface area contributed by atoms with Crippen molar-refractivity contribution >= 4 is 0 Å². The maximum Gasteiger partial charge on any atom is 0.00822 e. The Hall–Kier alpha value is -0.0800. The molecule has 1 heterocycles. The summed E-state index contributed by atoms with van der Waals surface area (Å²) in [4.78, 5) is 0. The molecule has 2 heteroatoms. The van der Waals surface area contributed by atoms with Gasteiger partial charge < -0.3 is 11.1 Å². The SMILES string of the molecule is CC(C)CC1CCC(CCN)N1. The molecule has 2 unspecified atom stereocenters. The summed E-state index contributed by atoms with van der Waals surface area (Å²) in [6.07, 6.45) is 5.15. The fourth-order valence-corrected chi connectivity index (χ4v) is 2.09. The quantitative estimate of drug-likeness (QED) is 0.671. The first kappa shape index (κ1) is 10.0. The first-order valence-electron chi connectivity index (χ1n) is 5.18. The Morgan fingerprint density at radius 3 is 2.58 bits per heavy atom. The molecule has 2 nitrogen and oxygen atoms in total. The molecule has 0 bridgehead atoms. The molecule has 0 aromatic heterocycles. The highest BCUT2D eigenvalue weighted by atomic mass is 15.0. The van der Waals surface area contributed by atoms with E-state index in [0.717, 1.165) is 24.9 Å². The lowest BCUT2D eigenvalue weighted by Gasteiger charge is -2.15. The first-order chi connectivity index (χ1) is 5.72. The van der Waals surface area contributed by atoms with Crippen molar-refractivity contribution in [2.24, 2.45) is 11.7 Å². The van der Waals surface area contributed by atoms with Gasteiger partial charge in [-0.05, 0) is 38.1 Å². The van der Waals surface area contributed by atoms with Crippen molar-refractivity contribution in [3.8, 4) is 0 Å². The van der Waals surface area contributed by atoms with Crippen LogP contribution in [0.15, 0.2) is 0 Å². The lowest BCUT2D eigenvalue weighted by atomic mass is 10.0. The van der Waals surface area contributed by atoms with Crippen molar-refractivity contribution in [3.05, 3.63) is 0 Å². The molecule has 1 rings (SSSR count). The fourth-order valence-electron chi connectivity index (χ4n) is 2.09. The summed E-state index contributed by atoms with van der Waals surface area (Å²) in [6.45, 7) is 5.40. The van der Waals surface area contributed by atoms with Gasteiger partial charge in [0.2, 0.25) is 0 Å². The molecule has 0 saturated carbocycles. The van der Waals surface area contributed by atoms with E-state index in [1.54, 1.807) is 0 Å². The van der Waals surface area contributed by atoms with Crippen LogP contribution in [0.2, 0.25) is 0 Å². The minimum Gasteiger partial charge on any atom is -0.330 e. The smallest absolute Gasteiger partial charge is 0.00822 e. The highest BCUT2D eigenvalue weighted by Crippen LogP contribution is 2.19. The van der Waals surface area contributed by atoms with Gasteiger partial charge in [-0.25, -0.2) is 0 Å². The molecule has 0 spiro atoms. The van der Waals surface area contributed by atoms with Gasteiger partial charge in [0.15, 0.2) is 0 Å². The second-order valence-electron chi connectivity index (χ2n) is 4.34. The highest BCUT2D eigenvalue weighted by molar-refractivity contribution is 4.83. The third-order valence-electron chi connectivity index (χ3n) is 2.61. The zero-order chi connectivity index (χ0) is 8.97. The van der Waals surface area contributed by atoms with Gasteiger partial charge in [-0.1, -0.05) is 13.8 Å². The van der Waals surface area contributed by atoms with Gasteiger partial charge >= 0.3 is 0 Å². The number of hydrogen-bond donors (Lipinski definition) is 2. The van der Waals surface area contributed by atoms with Gasteiger partial charge in [-0.3, -0.25) is 0 Å². The van der Waals surface area contributed by atoms with Crippen LogP contribution in [0.3, 0.4) is 0 Å². The van der Waals surface area contributed by atoms with Crippen molar-refractivity contribution in [1.82, 2.24) is 5.32 Å². The Morgan fingerprint density at radius 1 is 1.33 bits per heavy atom. The maximum atomic E-state index is 5.52. The molecule has 1 aliphatic heterocycles. The molecule has 0 aromatic carbocycles. The van der Waals surface area contributed by atoms with E-state index in [9.17, 15) is 0 Å². The lowest BCUT2D eigenvalue weighted by Crippen LogP contribution is -2.31. The average Bonchev–Trinajstić information content (AvgIpc) is 2.36. The van der Waals surface area contributed by atoms with Crippen LogP contribution in [0.25, 0.3) is 0 Å². The summed E-state index contributed by atoms with van der Waals surface area (Å²) in [5.41, 5.74) is 5.52. The third kappa shape index (κ3) is 3.11. The summed E-state index contributed by atoms with van der Waals surface area (Å²) in [5.74, 6) is 0.819. The second kappa shape index (κ2) is 4.83. The summed E-state index contributed by atoms with van der Waals surface area (Å²) >= 11 is 0. The van der Waals surface area contributed by atoms with E-state index in [-0.39, 0.29) is 0 Å². The average molecular weight is 170 g/mol. The predicted octanol–water partition coefficient (Wildman–Crippen LogP) is 1.50. The Morgan fingerprint density at radius 2 is 2.00 bits per heavy atom. The topological polar surface area (TPSA) is 38.0 Å². The lowest BCUT2D eigenvalue weighted by molar-refractivity contribution is 0.438. The molecule has 1 fully saturated rings. The van der Waals surface area contributed by atoms with Crippen LogP contribution in [0.4, 0.5) is 0 Å². The Kier molecular flexibility index (Phi) is 4.02. The van der Waals surface area contributed by atoms with E-state index < -0.39 is 0 Å². The summed E-state index contributed by atoms with van der Waals surface area (Å²) in [7, 11) is 0. The van der Waals surface area contributed by atoms with Gasteiger partial charge in [0.05, 0.1) is 0 Å². The van der Waals surface area contributed by atoms with Crippen LogP contribution >= 0.6 is 0 Å². The van der Waals surface area contributed by atoms with E-state index in [1.807, 2.05) is 0 Å². The van der Waals surface area contributed by atoms with E-state index >= 15 is 0 Å². The largest absolute Gasteiger partial charge is 0.330 e. The summed E-state index contributed by atoms with van der Waals surface area (Å²) < 4.78 is 0. The molecule has 2 atom stereocenters. The van der Waals surface area contributed by atoms with Crippen LogP contribution in [0, 0.1) is 5.92 Å². The molecule has 12 heavy (non-hydrogen) atoms. The summed E-state index contributed by atoms with van der Waals surface area (Å²) in [5, 5.41) is 3.64. The van der Waals surface area contributed by atoms with Crippen molar-refractivity contribution in [2.75, 3.05) is 6.54 Å². The van der Waals surface area contributed by atoms with E-state index in [1.165, 1.54) is 19.3 Å². The Labute approximate surface area is 75.9 Å². The number of nitrogens with one attached hydrogen (secondary N) is 1. The first-order valence-corrected chi connectivity index (χ1v) is 5.18. The molecule has 3 N–H and O–H groups in total. The number of hydrogen-bond acceptors (Lipinski definition) is 2. The number of nitrogens with two attached hydrogens (primary N) is 1. The molecule has 1 aliphatic rings. The van der Waals surface area contributed by atoms with Crippen LogP contribution in [0.5, 0.6) is 0 Å². The van der Waals surface area contributed by atoms with Crippen molar-refractivity contribution < 1.29 is 0 Å². The van der Waals surface area contributed by atoms with Gasteiger partial charge in [0.25, 0.3) is 0 Å². The zero-order valence-electron chi connectivity index (χ0n) is 8.34. The minimum absolute atomic E-state index is 0.707. The van der Waals surface area contributed by atoms with E-state index in [0.29, 0.717) is 6.04 Å². The molecule has 0 amide bonds. The zero-order valence-corrected chi connectivity index (χ0v) is 8.34. The molecule has 72 valence electrons. The fraction of sp³-hybridized carbons (Fsp3) is 1.00. The van der Waals surface area contributed by atoms with Gasteiger partial charge in [0, 0.05) is 12.1 Å². The van der Waals surface area contributed by atoms with Crippen LogP contribution < -0.4 is 11.1 Å². The van der Waals surface area contributed by atoms with Crippen LogP contribution in [0.1, 0.15) is 39.5 Å². The van der Waals surface area contributed by atoms with Gasteiger partial charge in [0.1, 0.15) is 0 Å². The number of rotatable bonds is 4. The second-order valence-corrected chi connectivity index (χ2v) is 4.34. The Balaban J connectivity index is 2.16. The summed E-state index contributed by atoms with van der Waals surface area (Å²) in [6, 6.07) is 1.47. The van der Waals surface area contributed by atoms with Crippen molar-refractivity contribution in [1.29, 1.82) is 0 Å². The highest BCUT2D eigenvalue weighted by Gasteiger charge is 2.22. The van der Waals surface area contributed by atoms with Crippen molar-refractivity contribution in [3.63, 3.8) is 0 Å². The molecule has 1 saturated heterocycles. The van der Waals surface area contributed by atoms with Crippen LogP contribution in [-0.4, -0.2) is 18.6 Å². The minimum atomic E-state index is 0.707. The third-order valence-corrected chi connectivity index (χ3v) is 2.61. The molecule has 0 aliphatic carbocycles. The standard InChI is InChI=1S/C10H22N2/c1-8(2)7-10-4-3-9(12-10)5-6-11/h8-10,12H,3-7,11H2,1-2H3. The maximum absolute atomic E-state index is 5.52. The van der Waals surface area contributed by atoms with Crippen LogP contribution in [-0.2, 0) is 0 Å². The predicted molar refractivity (Wildman–Crippen MR) is 53.1 cm³/mol. The van der Waals surface area contributed by atoms with E-state index in [4.69, 9.17) is 5.73 Å². The normalized spacial score (nSPS) is 30.0. The monoisotopic (exact) mass is 170 g/mol. The van der Waals surface area contributed by atoms with E-state index in [2.05, 4.69) is 19.2 Å². The Bertz CT molecular complexity index is 123. The molecular weight excluding hydrogens is 148 g/mol. The van der Waals surface area contributed by atoms with Crippen molar-refractivity contribution in [2.45, 2.75) is 51.6 Å². The molecular formula is C10H22N2. The molecule has 0 radical (unpaired) electrons. The van der Waals surface area contributed by atoms with Gasteiger partial charge in [-0.2, -0.15) is 0 Å². The molecule has 0 aromatic rings. The van der Waals surface area contributed by atoms with Gasteiger partial charge in [-0.15, -0.1) is 0 Å².